The van der Waals surface area contributed by atoms with E-state index in [-0.39, 0.29) is 29.9 Å². The van der Waals surface area contributed by atoms with Crippen LogP contribution in [0.4, 0.5) is 18.9 Å². The number of hydrogen-bond donors (Lipinski definition) is 2. The van der Waals surface area contributed by atoms with Crippen LogP contribution in [0.15, 0.2) is 36.4 Å². The number of halogens is 4. The van der Waals surface area contributed by atoms with Crippen LogP contribution < -0.4 is 10.6 Å². The van der Waals surface area contributed by atoms with Gasteiger partial charge in [-0.2, -0.15) is 18.4 Å². The smallest absolute Gasteiger partial charge is 0.382 e. The summed E-state index contributed by atoms with van der Waals surface area (Å²) in [5.74, 6) is -0.119. The fraction of sp³-hybridized carbons (Fsp3) is 0.375. The highest BCUT2D eigenvalue weighted by Gasteiger charge is 2.34. The van der Waals surface area contributed by atoms with E-state index in [9.17, 15) is 18.0 Å². The molecule has 1 aliphatic carbocycles. The molecule has 0 spiro atoms. The minimum atomic E-state index is -4.56. The number of fused-ring (bicyclic) bond motifs is 1. The minimum absolute atomic E-state index is 0.00406. The van der Waals surface area contributed by atoms with Crippen molar-refractivity contribution in [1.82, 2.24) is 14.9 Å². The van der Waals surface area contributed by atoms with Gasteiger partial charge in [-0.15, -0.1) is 0 Å². The second-order valence-electron chi connectivity index (χ2n) is 8.53. The molecule has 2 N–H and O–H groups in total. The molecule has 1 saturated carbocycles. The Balaban J connectivity index is 1.39. The maximum absolute atomic E-state index is 13.4. The summed E-state index contributed by atoms with van der Waals surface area (Å²) in [4.78, 5) is 16.2. The first-order valence-corrected chi connectivity index (χ1v) is 11.3. The number of nitriles is 1. The molecule has 2 heterocycles. The Morgan fingerprint density at radius 3 is 2.53 bits per heavy atom. The number of benzene rings is 1. The molecule has 1 aromatic carbocycles. The summed E-state index contributed by atoms with van der Waals surface area (Å²) in [5.41, 5.74) is 0.874. The predicted molar refractivity (Wildman–Crippen MR) is 123 cm³/mol. The van der Waals surface area contributed by atoms with E-state index in [1.165, 1.54) is 12.1 Å². The SMILES string of the molecule is Cn1c(C#N)ccc1CC(=O)NC1CCC(Nc2cc(C(F)(F)F)nc3ccc(Cl)cc23)CC1. The highest BCUT2D eigenvalue weighted by molar-refractivity contribution is 6.31. The number of pyridine rings is 1. The van der Waals surface area contributed by atoms with Crippen LogP contribution in [0.3, 0.4) is 0 Å². The highest BCUT2D eigenvalue weighted by atomic mass is 35.5. The topological polar surface area (TPSA) is 82.7 Å². The number of hydrogen-bond acceptors (Lipinski definition) is 4. The van der Waals surface area contributed by atoms with Crippen molar-refractivity contribution < 1.29 is 18.0 Å². The van der Waals surface area contributed by atoms with Crippen molar-refractivity contribution in [3.8, 4) is 6.07 Å². The summed E-state index contributed by atoms with van der Waals surface area (Å²) >= 11 is 6.07. The molecule has 0 aliphatic heterocycles. The van der Waals surface area contributed by atoms with E-state index in [4.69, 9.17) is 16.9 Å². The molecule has 0 radical (unpaired) electrons. The molecular formula is C24H23ClF3N5O. The monoisotopic (exact) mass is 489 g/mol. The lowest BCUT2D eigenvalue weighted by Gasteiger charge is -2.31. The molecule has 34 heavy (non-hydrogen) atoms. The van der Waals surface area contributed by atoms with Gasteiger partial charge in [-0.05, 0) is 62.1 Å². The van der Waals surface area contributed by atoms with Gasteiger partial charge in [0.1, 0.15) is 17.5 Å². The van der Waals surface area contributed by atoms with Gasteiger partial charge in [-0.25, -0.2) is 4.98 Å². The summed E-state index contributed by atoms with van der Waals surface area (Å²) < 4.78 is 41.8. The van der Waals surface area contributed by atoms with Crippen LogP contribution in [0.1, 0.15) is 42.8 Å². The zero-order valence-corrected chi connectivity index (χ0v) is 19.2. The maximum Gasteiger partial charge on any atom is 0.433 e. The molecular weight excluding hydrogens is 467 g/mol. The lowest BCUT2D eigenvalue weighted by molar-refractivity contribution is -0.140. The number of alkyl halides is 3. The number of carbonyl (C=O) groups is 1. The second kappa shape index (κ2) is 9.55. The molecule has 3 aromatic rings. The molecule has 1 aliphatic rings. The van der Waals surface area contributed by atoms with Crippen molar-refractivity contribution in [3.05, 3.63) is 58.5 Å². The van der Waals surface area contributed by atoms with Gasteiger partial charge < -0.3 is 15.2 Å². The van der Waals surface area contributed by atoms with Gasteiger partial charge in [0.25, 0.3) is 0 Å². The Hall–Kier alpha value is -3.25. The lowest BCUT2D eigenvalue weighted by atomic mass is 9.90. The second-order valence-corrected chi connectivity index (χ2v) is 8.97. The van der Waals surface area contributed by atoms with Crippen molar-refractivity contribution in [2.45, 2.75) is 50.4 Å². The van der Waals surface area contributed by atoms with Crippen LogP contribution in [0, 0.1) is 11.3 Å². The number of rotatable bonds is 5. The van der Waals surface area contributed by atoms with Crippen LogP contribution in [-0.2, 0) is 24.4 Å². The Morgan fingerprint density at radius 2 is 1.88 bits per heavy atom. The van der Waals surface area contributed by atoms with E-state index >= 15 is 0 Å². The summed E-state index contributed by atoms with van der Waals surface area (Å²) in [5, 5.41) is 16.3. The van der Waals surface area contributed by atoms with Gasteiger partial charge in [0, 0.05) is 40.9 Å². The maximum atomic E-state index is 13.4. The van der Waals surface area contributed by atoms with Crippen molar-refractivity contribution in [3.63, 3.8) is 0 Å². The average Bonchev–Trinajstić information content (AvgIpc) is 3.13. The molecule has 4 rings (SSSR count). The lowest BCUT2D eigenvalue weighted by Crippen LogP contribution is -2.41. The summed E-state index contributed by atoms with van der Waals surface area (Å²) in [6.45, 7) is 0. The fourth-order valence-corrected chi connectivity index (χ4v) is 4.52. The Labute approximate surface area is 199 Å². The van der Waals surface area contributed by atoms with Gasteiger partial charge in [0.15, 0.2) is 0 Å². The summed E-state index contributed by atoms with van der Waals surface area (Å²) in [6, 6.07) is 11.1. The number of carbonyl (C=O) groups excluding carboxylic acids is 1. The summed E-state index contributed by atoms with van der Waals surface area (Å²) in [7, 11) is 1.75. The van der Waals surface area contributed by atoms with Crippen molar-refractivity contribution >= 4 is 34.1 Å². The molecule has 0 saturated heterocycles. The molecule has 178 valence electrons. The van der Waals surface area contributed by atoms with Gasteiger partial charge in [-0.1, -0.05) is 11.6 Å². The number of anilines is 1. The molecule has 1 amide bonds. The standard InChI is InChI=1S/C24H23ClF3N5O/c1-33-17(7-8-18(33)13-29)11-23(34)31-16-5-3-15(4-6-16)30-21-12-22(24(26,27)28)32-20-9-2-14(25)10-19(20)21/h2,7-10,12,15-16H,3-6,11H2,1H3,(H,30,32)(H,31,34). The number of aromatic nitrogens is 2. The zero-order valence-electron chi connectivity index (χ0n) is 18.4. The Bertz CT molecular complexity index is 1260. The molecule has 6 nitrogen and oxygen atoms in total. The molecule has 2 aromatic heterocycles. The van der Waals surface area contributed by atoms with Crippen molar-refractivity contribution in [1.29, 1.82) is 5.26 Å². The normalized spacial score (nSPS) is 18.5. The fourth-order valence-electron chi connectivity index (χ4n) is 4.35. The Kier molecular flexibility index (Phi) is 6.71. The van der Waals surface area contributed by atoms with Crippen LogP contribution in [-0.4, -0.2) is 27.5 Å². The molecule has 0 bridgehead atoms. The van der Waals surface area contributed by atoms with Gasteiger partial charge >= 0.3 is 6.18 Å². The third-order valence-corrected chi connectivity index (χ3v) is 6.43. The van der Waals surface area contributed by atoms with Crippen molar-refractivity contribution in [2.24, 2.45) is 7.05 Å². The summed E-state index contributed by atoms with van der Waals surface area (Å²) in [6.07, 6.45) is -1.58. The molecule has 0 unspecified atom stereocenters. The number of nitrogens with zero attached hydrogens (tertiary/aromatic N) is 3. The van der Waals surface area contributed by atoms with E-state index < -0.39 is 11.9 Å². The van der Waals surface area contributed by atoms with E-state index in [1.807, 2.05) is 0 Å². The van der Waals surface area contributed by atoms with E-state index in [2.05, 4.69) is 21.7 Å². The predicted octanol–water partition coefficient (Wildman–Crippen LogP) is 5.20. The molecule has 1 fully saturated rings. The third-order valence-electron chi connectivity index (χ3n) is 6.20. The van der Waals surface area contributed by atoms with Gasteiger partial charge in [0.05, 0.1) is 11.9 Å². The van der Waals surface area contributed by atoms with Crippen LogP contribution in [0.2, 0.25) is 5.02 Å². The van der Waals surface area contributed by atoms with Crippen LogP contribution >= 0.6 is 11.6 Å². The first-order valence-electron chi connectivity index (χ1n) is 10.9. The zero-order chi connectivity index (χ0) is 24.5. The average molecular weight is 490 g/mol. The van der Waals surface area contributed by atoms with E-state index in [0.29, 0.717) is 47.5 Å². The van der Waals surface area contributed by atoms with Gasteiger partial charge in [0.2, 0.25) is 5.91 Å². The first kappa shape index (κ1) is 23.9. The van der Waals surface area contributed by atoms with Crippen molar-refractivity contribution in [2.75, 3.05) is 5.32 Å². The van der Waals surface area contributed by atoms with Crippen LogP contribution in [0.25, 0.3) is 10.9 Å². The van der Waals surface area contributed by atoms with Crippen LogP contribution in [0.5, 0.6) is 0 Å². The van der Waals surface area contributed by atoms with Gasteiger partial charge in [-0.3, -0.25) is 4.79 Å². The minimum Gasteiger partial charge on any atom is -0.382 e. The third kappa shape index (κ3) is 5.28. The van der Waals surface area contributed by atoms with E-state index in [1.54, 1.807) is 29.8 Å². The largest absolute Gasteiger partial charge is 0.433 e. The molecule has 0 atom stereocenters. The highest BCUT2D eigenvalue weighted by Crippen LogP contribution is 2.35. The molecule has 10 heteroatoms. The quantitative estimate of drug-likeness (QED) is 0.516. The number of amides is 1. The Morgan fingerprint density at radius 1 is 1.18 bits per heavy atom. The van der Waals surface area contributed by atoms with E-state index in [0.717, 1.165) is 11.8 Å². The number of nitrogens with one attached hydrogen (secondary N) is 2. The first-order chi connectivity index (χ1) is 16.1.